The van der Waals surface area contributed by atoms with Gasteiger partial charge in [0.05, 0.1) is 19.6 Å². The van der Waals surface area contributed by atoms with E-state index in [9.17, 15) is 24.0 Å². The number of hydrogen-bond acceptors (Lipinski definition) is 7. The highest BCUT2D eigenvalue weighted by atomic mass is 16.5. The van der Waals surface area contributed by atoms with Gasteiger partial charge in [-0.1, -0.05) is 0 Å². The maximum Gasteiger partial charge on any atom is 0.325 e. The van der Waals surface area contributed by atoms with Crippen LogP contribution in [0.25, 0.3) is 0 Å². The Bertz CT molecular complexity index is 537. The molecule has 25 heavy (non-hydrogen) atoms. The Labute approximate surface area is 143 Å². The largest absolute Gasteiger partial charge is 0.461 e. The fraction of sp³-hybridized carbons (Fsp3) is 0.643. The summed E-state index contributed by atoms with van der Waals surface area (Å²) in [6.07, 6.45) is -0.861. The molecule has 0 aliphatic carbocycles. The Morgan fingerprint density at radius 3 is 2.40 bits per heavy atom. The van der Waals surface area contributed by atoms with E-state index in [-0.39, 0.29) is 19.4 Å². The second kappa shape index (κ2) is 10.2. The van der Waals surface area contributed by atoms with Gasteiger partial charge in [0.15, 0.2) is 0 Å². The van der Waals surface area contributed by atoms with E-state index in [1.807, 2.05) is 0 Å². The van der Waals surface area contributed by atoms with Crippen molar-refractivity contribution >= 4 is 29.6 Å². The molecule has 1 rings (SSSR count). The van der Waals surface area contributed by atoms with Crippen molar-refractivity contribution < 1.29 is 33.8 Å². The van der Waals surface area contributed by atoms with Gasteiger partial charge >= 0.3 is 5.97 Å². The van der Waals surface area contributed by atoms with Crippen LogP contribution >= 0.6 is 0 Å². The molecule has 0 bridgehead atoms. The van der Waals surface area contributed by atoms with Crippen LogP contribution in [-0.2, 0) is 28.7 Å². The van der Waals surface area contributed by atoms with Crippen LogP contribution in [0.2, 0.25) is 0 Å². The molecule has 0 saturated carbocycles. The summed E-state index contributed by atoms with van der Waals surface area (Å²) in [4.78, 5) is 58.3. The molecule has 1 fully saturated rings. The summed E-state index contributed by atoms with van der Waals surface area (Å²) in [5, 5.41) is 18.4. The van der Waals surface area contributed by atoms with Crippen LogP contribution in [0, 0.1) is 0 Å². The summed E-state index contributed by atoms with van der Waals surface area (Å²) >= 11 is 0. The minimum Gasteiger partial charge on any atom is -0.461 e. The quantitative estimate of drug-likeness (QED) is 0.304. The molecule has 11 nitrogen and oxygen atoms in total. The molecule has 1 saturated heterocycles. The van der Waals surface area contributed by atoms with Crippen LogP contribution in [0.1, 0.15) is 19.8 Å². The van der Waals surface area contributed by atoms with E-state index in [2.05, 4.69) is 21.3 Å². The molecule has 0 aromatic heterocycles. The van der Waals surface area contributed by atoms with Crippen LogP contribution in [-0.4, -0.2) is 73.1 Å². The summed E-state index contributed by atoms with van der Waals surface area (Å²) in [5.74, 6) is -3.11. The molecule has 0 spiro atoms. The van der Waals surface area contributed by atoms with Crippen molar-refractivity contribution in [3.05, 3.63) is 0 Å². The topological polar surface area (TPSA) is 163 Å². The van der Waals surface area contributed by atoms with Crippen molar-refractivity contribution in [3.63, 3.8) is 0 Å². The average molecular weight is 358 g/mol. The van der Waals surface area contributed by atoms with Crippen molar-refractivity contribution in [1.29, 1.82) is 0 Å². The zero-order valence-corrected chi connectivity index (χ0v) is 13.8. The first kappa shape index (κ1) is 20.4. The maximum absolute atomic E-state index is 11.8. The molecular formula is C14H22N4O7. The van der Waals surface area contributed by atoms with E-state index in [0.29, 0.717) is 0 Å². The Kier molecular flexibility index (Phi) is 8.33. The van der Waals surface area contributed by atoms with E-state index in [0.717, 1.165) is 0 Å². The third-order valence-electron chi connectivity index (χ3n) is 3.17. The number of aliphatic hydroxyl groups excluding tert-OH is 1. The smallest absolute Gasteiger partial charge is 0.325 e. The molecule has 1 aliphatic rings. The van der Waals surface area contributed by atoms with Gasteiger partial charge in [-0.25, -0.2) is 0 Å². The second-order valence-corrected chi connectivity index (χ2v) is 5.40. The maximum atomic E-state index is 11.8. The lowest BCUT2D eigenvalue weighted by atomic mass is 10.2. The summed E-state index contributed by atoms with van der Waals surface area (Å²) in [6.45, 7) is 0.0160. The van der Waals surface area contributed by atoms with Crippen molar-refractivity contribution in [3.8, 4) is 0 Å². The van der Waals surface area contributed by atoms with Crippen molar-refractivity contribution in [2.75, 3.05) is 26.2 Å². The molecule has 0 radical (unpaired) electrons. The highest BCUT2D eigenvalue weighted by molar-refractivity contribution is 5.91. The Morgan fingerprint density at radius 1 is 1.00 bits per heavy atom. The zero-order chi connectivity index (χ0) is 18.8. The SMILES string of the molecule is C[C@@H]1CC(=O)NCCC(=O)NCC(=O)NC(CO)C(=O)NCC(=O)O1. The number of rotatable bonds is 1. The molecule has 0 aromatic rings. The third kappa shape index (κ3) is 8.11. The number of nitrogens with one attached hydrogen (secondary N) is 4. The number of ether oxygens (including phenoxy) is 1. The van der Waals surface area contributed by atoms with Crippen LogP contribution in [0.4, 0.5) is 0 Å². The molecule has 11 heteroatoms. The van der Waals surface area contributed by atoms with Gasteiger partial charge in [-0.2, -0.15) is 0 Å². The average Bonchev–Trinajstić information content (AvgIpc) is 2.54. The lowest BCUT2D eigenvalue weighted by Gasteiger charge is -2.17. The minimum absolute atomic E-state index is 0.0445. The number of cyclic esters (lactones) is 1. The van der Waals surface area contributed by atoms with Gasteiger partial charge in [-0.05, 0) is 6.92 Å². The summed E-state index contributed by atoms with van der Waals surface area (Å²) in [7, 11) is 0. The monoisotopic (exact) mass is 358 g/mol. The number of amides is 4. The molecule has 140 valence electrons. The number of carbonyl (C=O) groups excluding carboxylic acids is 5. The predicted octanol–water partition coefficient (Wildman–Crippen LogP) is -3.46. The molecule has 1 aliphatic heterocycles. The summed E-state index contributed by atoms with van der Waals surface area (Å²) in [6, 6.07) is -1.27. The van der Waals surface area contributed by atoms with Crippen LogP contribution < -0.4 is 21.3 Å². The third-order valence-corrected chi connectivity index (χ3v) is 3.17. The number of hydrogen-bond donors (Lipinski definition) is 5. The van der Waals surface area contributed by atoms with E-state index in [1.165, 1.54) is 6.92 Å². The first-order valence-electron chi connectivity index (χ1n) is 7.72. The zero-order valence-electron chi connectivity index (χ0n) is 13.8. The summed E-state index contributed by atoms with van der Waals surface area (Å²) in [5.41, 5.74) is 0. The second-order valence-electron chi connectivity index (χ2n) is 5.40. The van der Waals surface area contributed by atoms with Gasteiger partial charge in [0, 0.05) is 13.0 Å². The molecular weight excluding hydrogens is 336 g/mol. The lowest BCUT2D eigenvalue weighted by molar-refractivity contribution is -0.149. The molecule has 1 heterocycles. The highest BCUT2D eigenvalue weighted by Gasteiger charge is 2.22. The first-order valence-corrected chi connectivity index (χ1v) is 7.72. The van der Waals surface area contributed by atoms with Crippen molar-refractivity contribution in [2.24, 2.45) is 0 Å². The van der Waals surface area contributed by atoms with E-state index in [4.69, 9.17) is 9.84 Å². The van der Waals surface area contributed by atoms with Gasteiger partial charge < -0.3 is 31.1 Å². The van der Waals surface area contributed by atoms with E-state index in [1.54, 1.807) is 0 Å². The number of carbonyl (C=O) groups is 5. The molecule has 0 aromatic carbocycles. The highest BCUT2D eigenvalue weighted by Crippen LogP contribution is 1.98. The van der Waals surface area contributed by atoms with Crippen LogP contribution in [0.3, 0.4) is 0 Å². The predicted molar refractivity (Wildman–Crippen MR) is 82.8 cm³/mol. The van der Waals surface area contributed by atoms with E-state index >= 15 is 0 Å². The van der Waals surface area contributed by atoms with Crippen molar-refractivity contribution in [1.82, 2.24) is 21.3 Å². The Hall–Kier alpha value is -2.69. The van der Waals surface area contributed by atoms with Gasteiger partial charge in [-0.3, -0.25) is 24.0 Å². The fourth-order valence-corrected chi connectivity index (χ4v) is 1.95. The van der Waals surface area contributed by atoms with Gasteiger partial charge in [-0.15, -0.1) is 0 Å². The number of aliphatic hydroxyl groups is 1. The van der Waals surface area contributed by atoms with Crippen LogP contribution in [0.15, 0.2) is 0 Å². The van der Waals surface area contributed by atoms with E-state index < -0.39 is 61.4 Å². The fourth-order valence-electron chi connectivity index (χ4n) is 1.95. The standard InChI is InChI=1S/C14H22N4O7/c1-8-4-11(21)15-3-2-10(20)16-5-12(22)18-9(7-19)14(24)17-6-13(23)25-8/h8-9,19H,2-7H2,1H3,(H,15,21)(H,16,20)(H,17,24)(H,18,22)/t8-,9?/m1/s1. The molecule has 4 amide bonds. The molecule has 2 atom stereocenters. The van der Waals surface area contributed by atoms with Gasteiger partial charge in [0.2, 0.25) is 23.6 Å². The minimum atomic E-state index is -1.27. The Balaban J connectivity index is 2.73. The molecule has 5 N–H and O–H groups in total. The number of esters is 1. The Morgan fingerprint density at radius 2 is 1.72 bits per heavy atom. The van der Waals surface area contributed by atoms with Crippen molar-refractivity contribution in [2.45, 2.75) is 31.9 Å². The summed E-state index contributed by atoms with van der Waals surface area (Å²) < 4.78 is 4.96. The van der Waals surface area contributed by atoms with Gasteiger partial charge in [0.1, 0.15) is 18.7 Å². The first-order chi connectivity index (χ1) is 11.8. The van der Waals surface area contributed by atoms with Crippen LogP contribution in [0.5, 0.6) is 0 Å². The lowest BCUT2D eigenvalue weighted by Crippen LogP contribution is -2.52. The normalized spacial score (nSPS) is 25.0. The molecule has 1 unspecified atom stereocenters. The van der Waals surface area contributed by atoms with Gasteiger partial charge in [0.25, 0.3) is 0 Å².